The van der Waals surface area contributed by atoms with Crippen LogP contribution in [-0.2, 0) is 43.2 Å². The van der Waals surface area contributed by atoms with Crippen LogP contribution in [0, 0.1) is 0 Å². The van der Waals surface area contributed by atoms with E-state index in [-0.39, 0.29) is 13.1 Å². The molecule has 0 aliphatic carbocycles. The molecule has 2 atom stereocenters. The number of carbonyl (C=O) groups excluding carboxylic acids is 3. The molecule has 0 amide bonds. The third-order valence-corrected chi connectivity index (χ3v) is 5.45. The van der Waals surface area contributed by atoms with Crippen LogP contribution >= 0.6 is 0 Å². The van der Waals surface area contributed by atoms with E-state index in [2.05, 4.69) is 10.6 Å². The van der Waals surface area contributed by atoms with E-state index >= 15 is 0 Å². The predicted octanol–water partition coefficient (Wildman–Crippen LogP) is -3.46. The summed E-state index contributed by atoms with van der Waals surface area (Å²) in [6, 6.07) is 0. The van der Waals surface area contributed by atoms with Crippen molar-refractivity contribution in [2.24, 2.45) is 0 Å². The number of carbonyl (C=O) groups is 6. The van der Waals surface area contributed by atoms with E-state index in [9.17, 15) is 49.2 Å². The number of hydroxylamine groups is 4. The van der Waals surface area contributed by atoms with E-state index in [1.165, 1.54) is 10.1 Å². The van der Waals surface area contributed by atoms with Gasteiger partial charge in [-0.2, -0.15) is 0 Å². The van der Waals surface area contributed by atoms with Crippen LogP contribution in [0.4, 0.5) is 0 Å². The van der Waals surface area contributed by atoms with Crippen molar-refractivity contribution in [3.63, 3.8) is 0 Å². The summed E-state index contributed by atoms with van der Waals surface area (Å²) in [6.07, 6.45) is -5.24. The fourth-order valence-electron chi connectivity index (χ4n) is 3.58. The largest absolute Gasteiger partial charge is 0.481 e. The van der Waals surface area contributed by atoms with Crippen LogP contribution in [0.1, 0.15) is 25.7 Å². The summed E-state index contributed by atoms with van der Waals surface area (Å²) in [5.41, 5.74) is -6.05. The van der Waals surface area contributed by atoms with Crippen molar-refractivity contribution < 1.29 is 63.6 Å². The number of esters is 1. The zero-order chi connectivity index (χ0) is 27.6. The summed E-state index contributed by atoms with van der Waals surface area (Å²) in [6.45, 7) is 3.01. The second kappa shape index (κ2) is 13.2. The molecule has 0 saturated carbocycles. The van der Waals surface area contributed by atoms with Gasteiger partial charge in [0.15, 0.2) is 5.60 Å². The molecule has 2 heterocycles. The number of aliphatic hydroxyl groups is 1. The average molecular weight is 534 g/mol. The lowest BCUT2D eigenvalue weighted by molar-refractivity contribution is -0.207. The fraction of sp³-hybridized carbons (Fsp3) is 0.700. The Hall–Kier alpha value is -3.38. The Morgan fingerprint density at radius 3 is 1.49 bits per heavy atom. The number of hydrogen-bond acceptors (Lipinski definition) is 14. The van der Waals surface area contributed by atoms with E-state index < -0.39 is 72.7 Å². The molecule has 0 aromatic carbocycles. The third kappa shape index (κ3) is 9.21. The van der Waals surface area contributed by atoms with Gasteiger partial charge in [-0.15, -0.1) is 10.1 Å². The molecule has 2 aliphatic heterocycles. The maximum atomic E-state index is 12.6. The highest BCUT2D eigenvalue weighted by molar-refractivity contribution is 5.93. The van der Waals surface area contributed by atoms with Gasteiger partial charge in [0.1, 0.15) is 0 Å². The van der Waals surface area contributed by atoms with Crippen LogP contribution < -0.4 is 10.6 Å². The van der Waals surface area contributed by atoms with Gasteiger partial charge in [-0.25, -0.2) is 9.59 Å². The first-order chi connectivity index (χ1) is 17.3. The Morgan fingerprint density at radius 1 is 0.649 bits per heavy atom. The summed E-state index contributed by atoms with van der Waals surface area (Å²) in [4.78, 5) is 82.1. The minimum atomic E-state index is -3.07. The molecule has 2 aliphatic rings. The molecule has 208 valence electrons. The summed E-state index contributed by atoms with van der Waals surface area (Å²) >= 11 is 0. The highest BCUT2D eigenvalue weighted by Gasteiger charge is 2.50. The van der Waals surface area contributed by atoms with Crippen LogP contribution in [0.25, 0.3) is 0 Å². The van der Waals surface area contributed by atoms with Crippen molar-refractivity contribution in [2.75, 3.05) is 52.4 Å². The Morgan fingerprint density at radius 2 is 1.08 bits per heavy atom. The van der Waals surface area contributed by atoms with Crippen molar-refractivity contribution in [3.05, 3.63) is 0 Å². The number of nitrogens with zero attached hydrogens (tertiary/aromatic N) is 2. The predicted molar refractivity (Wildman–Crippen MR) is 116 cm³/mol. The van der Waals surface area contributed by atoms with Gasteiger partial charge in [0, 0.05) is 52.4 Å². The highest BCUT2D eigenvalue weighted by atomic mass is 16.7. The molecule has 0 aromatic rings. The second-order valence-corrected chi connectivity index (χ2v) is 8.50. The number of piperazine rings is 2. The standard InChI is InChI=1S/C20H30N4O13/c25-13(26)9-20(18(32)33,12-16(29)37-24-7-3-22-4-8-24)35-14(27)10-19(34,17(30)31)11-15(28)36-23-5-1-21-2-6-23/h21-22,34H,1-12H2,(H,25,26)(H,30,31)(H,32,33). The summed E-state index contributed by atoms with van der Waals surface area (Å²) in [5.74, 6) is -9.87. The quantitative estimate of drug-likeness (QED) is 0.126. The van der Waals surface area contributed by atoms with E-state index in [0.717, 1.165) is 0 Å². The molecule has 2 fully saturated rings. The summed E-state index contributed by atoms with van der Waals surface area (Å²) in [7, 11) is 0. The first kappa shape index (κ1) is 29.8. The van der Waals surface area contributed by atoms with Crippen LogP contribution in [-0.4, -0.2) is 130 Å². The van der Waals surface area contributed by atoms with Gasteiger partial charge >= 0.3 is 35.8 Å². The van der Waals surface area contributed by atoms with Gasteiger partial charge in [-0.05, 0) is 0 Å². The Labute approximate surface area is 210 Å². The van der Waals surface area contributed by atoms with Gasteiger partial charge in [0.2, 0.25) is 5.60 Å². The third-order valence-electron chi connectivity index (χ3n) is 5.45. The van der Waals surface area contributed by atoms with Crippen molar-refractivity contribution in [1.29, 1.82) is 0 Å². The van der Waals surface area contributed by atoms with Crippen LogP contribution in [0.3, 0.4) is 0 Å². The smallest absolute Gasteiger partial charge is 0.349 e. The molecule has 0 aromatic heterocycles. The average Bonchev–Trinajstić information content (AvgIpc) is 2.79. The molecule has 0 radical (unpaired) electrons. The molecule has 17 nitrogen and oxygen atoms in total. The van der Waals surface area contributed by atoms with Crippen LogP contribution in [0.5, 0.6) is 0 Å². The number of carboxylic acids is 3. The minimum absolute atomic E-state index is 0.264. The molecular formula is C20H30N4O13. The summed E-state index contributed by atoms with van der Waals surface area (Å²) in [5, 5.41) is 47.2. The van der Waals surface area contributed by atoms with Gasteiger partial charge in [0.25, 0.3) is 0 Å². The second-order valence-electron chi connectivity index (χ2n) is 8.50. The van der Waals surface area contributed by atoms with Gasteiger partial charge in [-0.1, -0.05) is 0 Å². The number of nitrogens with one attached hydrogen (secondary N) is 2. The lowest BCUT2D eigenvalue weighted by Gasteiger charge is -2.31. The van der Waals surface area contributed by atoms with Gasteiger partial charge < -0.3 is 45.5 Å². The zero-order valence-electron chi connectivity index (χ0n) is 19.8. The number of hydrogen-bond donors (Lipinski definition) is 6. The highest BCUT2D eigenvalue weighted by Crippen LogP contribution is 2.27. The molecule has 2 saturated heterocycles. The summed E-state index contributed by atoms with van der Waals surface area (Å²) < 4.78 is 4.80. The molecule has 37 heavy (non-hydrogen) atoms. The zero-order valence-corrected chi connectivity index (χ0v) is 19.8. The van der Waals surface area contributed by atoms with Gasteiger partial charge in [-0.3, -0.25) is 19.2 Å². The molecular weight excluding hydrogens is 504 g/mol. The molecule has 17 heteroatoms. The van der Waals surface area contributed by atoms with Crippen molar-refractivity contribution in [3.8, 4) is 0 Å². The maximum Gasteiger partial charge on any atom is 0.349 e. The van der Waals surface area contributed by atoms with Crippen molar-refractivity contribution >= 4 is 35.8 Å². The fourth-order valence-corrected chi connectivity index (χ4v) is 3.58. The molecule has 6 N–H and O–H groups in total. The molecule has 0 bridgehead atoms. The normalized spacial score (nSPS) is 20.0. The first-order valence-electron chi connectivity index (χ1n) is 11.3. The van der Waals surface area contributed by atoms with E-state index in [1.54, 1.807) is 0 Å². The number of ether oxygens (including phenoxy) is 1. The van der Waals surface area contributed by atoms with Crippen LogP contribution in [0.15, 0.2) is 0 Å². The topological polar surface area (TPSA) is 242 Å². The van der Waals surface area contributed by atoms with Gasteiger partial charge in [0.05, 0.1) is 25.7 Å². The lowest BCUT2D eigenvalue weighted by Crippen LogP contribution is -2.51. The monoisotopic (exact) mass is 534 g/mol. The molecule has 2 rings (SSSR count). The minimum Gasteiger partial charge on any atom is -0.481 e. The van der Waals surface area contributed by atoms with Crippen LogP contribution in [0.2, 0.25) is 0 Å². The van der Waals surface area contributed by atoms with E-state index in [4.69, 9.17) is 14.4 Å². The first-order valence-corrected chi connectivity index (χ1v) is 11.3. The number of rotatable bonds is 13. The number of aliphatic carboxylic acids is 3. The maximum absolute atomic E-state index is 12.6. The number of carboxylic acid groups (broad SMARTS) is 3. The van der Waals surface area contributed by atoms with E-state index in [1.807, 2.05) is 0 Å². The molecule has 2 unspecified atom stereocenters. The van der Waals surface area contributed by atoms with Crippen molar-refractivity contribution in [1.82, 2.24) is 20.8 Å². The van der Waals surface area contributed by atoms with E-state index in [0.29, 0.717) is 39.3 Å². The SMILES string of the molecule is O=C(O)CC(CC(=O)ON1CCNCC1)(OC(=O)CC(O)(CC(=O)ON1CCNCC1)C(=O)O)C(=O)O. The lowest BCUT2D eigenvalue weighted by atomic mass is 9.93. The Balaban J connectivity index is 2.12. The Bertz CT molecular complexity index is 887. The Kier molecular flexibility index (Phi) is 10.7. The van der Waals surface area contributed by atoms with Crippen molar-refractivity contribution in [2.45, 2.75) is 36.9 Å². The molecule has 0 spiro atoms.